The van der Waals surface area contributed by atoms with Gasteiger partial charge in [0.05, 0.1) is 12.4 Å². The summed E-state index contributed by atoms with van der Waals surface area (Å²) in [5, 5.41) is 13.3. The standard InChI is InChI=1S/C13H21N3/c1-4-14-8-13-10-16-15-9-12(13)7-5-6-11(2)3/h7-11,14H,4-6H2,1-3H3/b12-7-,13-8-. The molecule has 1 heterocycles. The highest BCUT2D eigenvalue weighted by Crippen LogP contribution is 2.02. The molecule has 0 amide bonds. The molecule has 0 aliphatic heterocycles. The highest BCUT2D eigenvalue weighted by molar-refractivity contribution is 5.27. The van der Waals surface area contributed by atoms with Crippen molar-refractivity contribution in [1.29, 1.82) is 0 Å². The van der Waals surface area contributed by atoms with E-state index in [-0.39, 0.29) is 0 Å². The molecule has 1 N–H and O–H groups in total. The van der Waals surface area contributed by atoms with Gasteiger partial charge in [0.1, 0.15) is 0 Å². The van der Waals surface area contributed by atoms with Gasteiger partial charge in [0.2, 0.25) is 0 Å². The summed E-state index contributed by atoms with van der Waals surface area (Å²) in [6.45, 7) is 7.48. The monoisotopic (exact) mass is 219 g/mol. The molecule has 3 heteroatoms. The van der Waals surface area contributed by atoms with E-state index in [4.69, 9.17) is 0 Å². The van der Waals surface area contributed by atoms with E-state index in [2.05, 4.69) is 42.4 Å². The third kappa shape index (κ3) is 4.43. The number of rotatable bonds is 5. The van der Waals surface area contributed by atoms with Gasteiger partial charge in [-0.15, -0.1) is 0 Å². The lowest BCUT2D eigenvalue weighted by Crippen LogP contribution is -2.28. The molecule has 1 rings (SSSR count). The van der Waals surface area contributed by atoms with E-state index in [9.17, 15) is 0 Å². The molecule has 0 radical (unpaired) electrons. The summed E-state index contributed by atoms with van der Waals surface area (Å²) in [6, 6.07) is 0. The van der Waals surface area contributed by atoms with E-state index in [1.807, 2.05) is 12.4 Å². The fourth-order valence-corrected chi connectivity index (χ4v) is 1.42. The second-order valence-corrected chi connectivity index (χ2v) is 4.28. The number of nitrogens with zero attached hydrogens (tertiary/aromatic N) is 2. The van der Waals surface area contributed by atoms with Crippen LogP contribution in [0.25, 0.3) is 12.3 Å². The molecule has 3 nitrogen and oxygen atoms in total. The fourth-order valence-electron chi connectivity index (χ4n) is 1.42. The van der Waals surface area contributed by atoms with Crippen LogP contribution in [0.2, 0.25) is 0 Å². The van der Waals surface area contributed by atoms with Gasteiger partial charge in [-0.1, -0.05) is 19.9 Å². The predicted octanol–water partition coefficient (Wildman–Crippen LogP) is 1.04. The third-order valence-electron chi connectivity index (χ3n) is 2.36. The number of nitrogens with one attached hydrogen (secondary N) is 1. The van der Waals surface area contributed by atoms with Gasteiger partial charge in [-0.2, -0.15) is 10.2 Å². The first-order valence-corrected chi connectivity index (χ1v) is 5.94. The molecule has 0 unspecified atom stereocenters. The van der Waals surface area contributed by atoms with Crippen LogP contribution in [0.1, 0.15) is 33.6 Å². The summed E-state index contributed by atoms with van der Waals surface area (Å²) >= 11 is 0. The highest BCUT2D eigenvalue weighted by Gasteiger charge is 1.91. The average molecular weight is 219 g/mol. The summed E-state index contributed by atoms with van der Waals surface area (Å²) < 4.78 is 0. The van der Waals surface area contributed by atoms with Crippen LogP contribution in [0.3, 0.4) is 0 Å². The van der Waals surface area contributed by atoms with E-state index in [1.165, 1.54) is 6.42 Å². The van der Waals surface area contributed by atoms with Crippen molar-refractivity contribution in [1.82, 2.24) is 15.5 Å². The minimum absolute atomic E-state index is 0.743. The first-order chi connectivity index (χ1) is 7.74. The zero-order valence-electron chi connectivity index (χ0n) is 10.4. The van der Waals surface area contributed by atoms with Crippen LogP contribution < -0.4 is 15.8 Å². The minimum Gasteiger partial charge on any atom is -0.391 e. The van der Waals surface area contributed by atoms with E-state index in [0.717, 1.165) is 29.3 Å². The van der Waals surface area contributed by atoms with Crippen LogP contribution in [0, 0.1) is 5.92 Å². The molecule has 88 valence electrons. The molecule has 0 spiro atoms. The molecule has 0 aromatic carbocycles. The Kier molecular flexibility index (Phi) is 5.54. The van der Waals surface area contributed by atoms with Gasteiger partial charge in [0.15, 0.2) is 0 Å². The second-order valence-electron chi connectivity index (χ2n) is 4.28. The Hall–Kier alpha value is -1.38. The normalized spacial score (nSPS) is 13.5. The van der Waals surface area contributed by atoms with Crippen molar-refractivity contribution in [3.63, 3.8) is 0 Å². The number of hydrogen-bond acceptors (Lipinski definition) is 3. The Morgan fingerprint density at radius 3 is 2.56 bits per heavy atom. The predicted molar refractivity (Wildman–Crippen MR) is 68.0 cm³/mol. The smallest absolute Gasteiger partial charge is 0.0589 e. The zero-order valence-corrected chi connectivity index (χ0v) is 10.4. The molecular formula is C13H21N3. The molecule has 0 saturated carbocycles. The molecule has 0 aliphatic rings. The summed E-state index contributed by atoms with van der Waals surface area (Å²) in [5.41, 5.74) is 0. The van der Waals surface area contributed by atoms with E-state index < -0.39 is 0 Å². The Labute approximate surface area is 97.3 Å². The summed E-state index contributed by atoms with van der Waals surface area (Å²) in [7, 11) is 0. The van der Waals surface area contributed by atoms with E-state index in [1.54, 1.807) is 6.20 Å². The molecule has 0 bridgehead atoms. The lowest BCUT2D eigenvalue weighted by Gasteiger charge is -1.99. The van der Waals surface area contributed by atoms with E-state index >= 15 is 0 Å². The van der Waals surface area contributed by atoms with Crippen molar-refractivity contribution in [3.05, 3.63) is 22.8 Å². The molecule has 0 aliphatic carbocycles. The highest BCUT2D eigenvalue weighted by atomic mass is 15.1. The largest absolute Gasteiger partial charge is 0.391 e. The van der Waals surface area contributed by atoms with Crippen molar-refractivity contribution in [2.75, 3.05) is 6.54 Å². The first kappa shape index (κ1) is 12.7. The SMILES string of the molecule is CCN/C=c1/cnnc/c1=C/CCC(C)C. The van der Waals surface area contributed by atoms with Gasteiger partial charge in [-0.3, -0.25) is 0 Å². The summed E-state index contributed by atoms with van der Waals surface area (Å²) in [6.07, 6.45) is 10.2. The molecule has 1 aromatic heterocycles. The third-order valence-corrected chi connectivity index (χ3v) is 2.36. The maximum atomic E-state index is 3.92. The Bertz CT molecular complexity index is 409. The van der Waals surface area contributed by atoms with Crippen molar-refractivity contribution >= 4 is 12.3 Å². The maximum absolute atomic E-state index is 3.92. The summed E-state index contributed by atoms with van der Waals surface area (Å²) in [4.78, 5) is 0. The van der Waals surface area contributed by atoms with Gasteiger partial charge >= 0.3 is 0 Å². The van der Waals surface area contributed by atoms with Crippen LogP contribution in [-0.4, -0.2) is 16.7 Å². The summed E-state index contributed by atoms with van der Waals surface area (Å²) in [5.74, 6) is 0.743. The van der Waals surface area contributed by atoms with Crippen LogP contribution in [0.15, 0.2) is 12.4 Å². The zero-order chi connectivity index (χ0) is 11.8. The van der Waals surface area contributed by atoms with Crippen LogP contribution in [-0.2, 0) is 0 Å². The van der Waals surface area contributed by atoms with Crippen LogP contribution in [0.5, 0.6) is 0 Å². The van der Waals surface area contributed by atoms with Gasteiger partial charge in [0, 0.05) is 23.2 Å². The Morgan fingerprint density at radius 1 is 1.25 bits per heavy atom. The average Bonchev–Trinajstić information content (AvgIpc) is 2.27. The lowest BCUT2D eigenvalue weighted by molar-refractivity contribution is 0.602. The number of hydrogen-bond donors (Lipinski definition) is 1. The first-order valence-electron chi connectivity index (χ1n) is 5.94. The van der Waals surface area contributed by atoms with Gasteiger partial charge < -0.3 is 5.32 Å². The number of aromatic nitrogens is 2. The lowest BCUT2D eigenvalue weighted by atomic mass is 10.1. The maximum Gasteiger partial charge on any atom is 0.0589 e. The van der Waals surface area contributed by atoms with E-state index in [0.29, 0.717) is 0 Å². The Morgan fingerprint density at radius 2 is 1.94 bits per heavy atom. The van der Waals surface area contributed by atoms with Gasteiger partial charge in [0.25, 0.3) is 0 Å². The Balaban J connectivity index is 2.86. The minimum atomic E-state index is 0.743. The molecule has 16 heavy (non-hydrogen) atoms. The van der Waals surface area contributed by atoms with Crippen LogP contribution >= 0.6 is 0 Å². The molecular weight excluding hydrogens is 198 g/mol. The van der Waals surface area contributed by atoms with Crippen molar-refractivity contribution in [3.8, 4) is 0 Å². The van der Waals surface area contributed by atoms with Crippen molar-refractivity contribution < 1.29 is 0 Å². The molecule has 0 atom stereocenters. The molecule has 0 saturated heterocycles. The van der Waals surface area contributed by atoms with Gasteiger partial charge in [-0.25, -0.2) is 0 Å². The topological polar surface area (TPSA) is 37.8 Å². The van der Waals surface area contributed by atoms with Crippen LogP contribution in [0.4, 0.5) is 0 Å². The van der Waals surface area contributed by atoms with Gasteiger partial charge in [-0.05, 0) is 25.7 Å². The van der Waals surface area contributed by atoms with Crippen molar-refractivity contribution in [2.24, 2.45) is 5.92 Å². The quantitative estimate of drug-likeness (QED) is 0.804. The molecule has 0 fully saturated rings. The van der Waals surface area contributed by atoms with Crippen molar-refractivity contribution in [2.45, 2.75) is 33.6 Å². The molecule has 1 aromatic rings. The fraction of sp³-hybridized carbons (Fsp3) is 0.538. The second kappa shape index (κ2) is 6.99.